The molecule has 4 nitrogen and oxygen atoms in total. The van der Waals surface area contributed by atoms with Crippen molar-refractivity contribution in [2.75, 3.05) is 13.7 Å². The van der Waals surface area contributed by atoms with Gasteiger partial charge >= 0.3 is 12.1 Å². The van der Waals surface area contributed by atoms with Gasteiger partial charge in [-0.25, -0.2) is 0 Å². The van der Waals surface area contributed by atoms with E-state index >= 15 is 0 Å². The molecule has 0 saturated heterocycles. The van der Waals surface area contributed by atoms with E-state index in [4.69, 9.17) is 16.3 Å². The van der Waals surface area contributed by atoms with Crippen molar-refractivity contribution in [1.29, 1.82) is 0 Å². The molecule has 1 rings (SSSR count). The number of nitrogens with one attached hydrogen (secondary N) is 2. The third kappa shape index (κ3) is 5.09. The molecule has 1 aromatic rings. The molecule has 0 heterocycles. The second-order valence-corrected chi connectivity index (χ2v) is 6.29. The van der Waals surface area contributed by atoms with E-state index in [-0.39, 0.29) is 23.6 Å². The number of rotatable bonds is 7. The molecular formula is C16H22ClF3N2O2. The van der Waals surface area contributed by atoms with Crippen molar-refractivity contribution in [1.82, 2.24) is 10.9 Å². The van der Waals surface area contributed by atoms with Gasteiger partial charge in [0.25, 0.3) is 0 Å². The summed E-state index contributed by atoms with van der Waals surface area (Å²) in [6.45, 7) is 4.09. The number of hydrazine groups is 1. The van der Waals surface area contributed by atoms with Gasteiger partial charge in [-0.3, -0.25) is 15.6 Å². The van der Waals surface area contributed by atoms with Crippen LogP contribution in [0.15, 0.2) is 18.2 Å². The topological polar surface area (TPSA) is 50.4 Å². The van der Waals surface area contributed by atoms with E-state index in [1.54, 1.807) is 14.0 Å². The van der Waals surface area contributed by atoms with Gasteiger partial charge in [-0.05, 0) is 51.1 Å². The zero-order chi connectivity index (χ0) is 18.5. The summed E-state index contributed by atoms with van der Waals surface area (Å²) in [5, 5.41) is 0.173. The Morgan fingerprint density at radius 1 is 1.29 bits per heavy atom. The fourth-order valence-corrected chi connectivity index (χ4v) is 2.39. The Morgan fingerprint density at radius 2 is 1.92 bits per heavy atom. The predicted molar refractivity (Wildman–Crippen MR) is 86.7 cm³/mol. The molecule has 1 aromatic carbocycles. The van der Waals surface area contributed by atoms with Gasteiger partial charge < -0.3 is 4.74 Å². The van der Waals surface area contributed by atoms with E-state index in [1.807, 2.05) is 0 Å². The van der Waals surface area contributed by atoms with Crippen LogP contribution in [0.3, 0.4) is 0 Å². The van der Waals surface area contributed by atoms with E-state index in [1.165, 1.54) is 18.2 Å². The minimum absolute atomic E-state index is 0.0317. The van der Waals surface area contributed by atoms with Crippen LogP contribution in [-0.4, -0.2) is 25.8 Å². The number of halogens is 4. The fraction of sp³-hybridized carbons (Fsp3) is 0.562. The molecular weight excluding hydrogens is 345 g/mol. The third-order valence-electron chi connectivity index (χ3n) is 3.75. The molecule has 0 aromatic heterocycles. The first kappa shape index (κ1) is 20.7. The van der Waals surface area contributed by atoms with Gasteiger partial charge in [0.15, 0.2) is 0 Å². The molecule has 0 bridgehead atoms. The average Bonchev–Trinajstić information content (AvgIpc) is 2.45. The molecule has 0 fully saturated rings. The highest BCUT2D eigenvalue weighted by Gasteiger charge is 2.48. The number of alkyl halides is 3. The highest BCUT2D eigenvalue weighted by atomic mass is 35.5. The zero-order valence-corrected chi connectivity index (χ0v) is 14.8. The van der Waals surface area contributed by atoms with E-state index in [0.29, 0.717) is 5.56 Å². The molecule has 0 amide bonds. The minimum Gasteiger partial charge on any atom is -0.466 e. The Balaban J connectivity index is 3.24. The second-order valence-electron chi connectivity index (χ2n) is 5.85. The molecule has 136 valence electrons. The quantitative estimate of drug-likeness (QED) is 0.567. The molecule has 0 aliphatic carbocycles. The molecule has 0 spiro atoms. The van der Waals surface area contributed by atoms with E-state index in [2.05, 4.69) is 10.9 Å². The third-order valence-corrected chi connectivity index (χ3v) is 3.97. The first-order chi connectivity index (χ1) is 11.0. The van der Waals surface area contributed by atoms with Crippen LogP contribution in [0.2, 0.25) is 5.02 Å². The number of hydrogen-bond donors (Lipinski definition) is 2. The standard InChI is InChI=1S/C16H22ClF3N2O2/c1-5-24-14(23)9-13(22-21-4)10-6-11(8-12(17)7-10)15(2,3)16(18,19)20/h6-8,13,21-22H,5,9H2,1-4H3/t13-/m0/s1. The lowest BCUT2D eigenvalue weighted by Crippen LogP contribution is -2.37. The van der Waals surface area contributed by atoms with Crippen molar-refractivity contribution in [3.8, 4) is 0 Å². The average molecular weight is 367 g/mol. The number of carbonyl (C=O) groups is 1. The van der Waals surface area contributed by atoms with Gasteiger partial charge in [-0.2, -0.15) is 13.2 Å². The van der Waals surface area contributed by atoms with Gasteiger partial charge in [0, 0.05) is 5.02 Å². The summed E-state index contributed by atoms with van der Waals surface area (Å²) in [6, 6.07) is 3.66. The van der Waals surface area contributed by atoms with E-state index in [0.717, 1.165) is 13.8 Å². The van der Waals surface area contributed by atoms with Crippen LogP contribution in [0.1, 0.15) is 44.4 Å². The summed E-state index contributed by atoms with van der Waals surface area (Å²) < 4.78 is 44.8. The Morgan fingerprint density at radius 3 is 2.42 bits per heavy atom. The Bertz CT molecular complexity index is 577. The lowest BCUT2D eigenvalue weighted by Gasteiger charge is -2.29. The number of esters is 1. The van der Waals surface area contributed by atoms with Crippen molar-refractivity contribution in [3.05, 3.63) is 34.3 Å². The van der Waals surface area contributed by atoms with Crippen LogP contribution in [0, 0.1) is 0 Å². The molecule has 0 saturated carbocycles. The smallest absolute Gasteiger partial charge is 0.397 e. The van der Waals surface area contributed by atoms with Crippen LogP contribution in [0.5, 0.6) is 0 Å². The maximum Gasteiger partial charge on any atom is 0.397 e. The normalized spacial score (nSPS) is 13.7. The van der Waals surface area contributed by atoms with Crippen LogP contribution >= 0.6 is 11.6 Å². The van der Waals surface area contributed by atoms with E-state index < -0.39 is 23.6 Å². The SMILES string of the molecule is CCOC(=O)C[C@H](NNC)c1cc(Cl)cc(C(C)(C)C(F)(F)F)c1. The first-order valence-corrected chi connectivity index (χ1v) is 7.86. The Hall–Kier alpha value is -1.31. The maximum atomic E-state index is 13.3. The summed E-state index contributed by atoms with van der Waals surface area (Å²) in [5.74, 6) is -0.457. The summed E-state index contributed by atoms with van der Waals surface area (Å²) in [7, 11) is 1.60. The highest BCUT2D eigenvalue weighted by molar-refractivity contribution is 6.30. The van der Waals surface area contributed by atoms with Gasteiger partial charge in [0.1, 0.15) is 0 Å². The molecule has 24 heavy (non-hydrogen) atoms. The summed E-state index contributed by atoms with van der Waals surface area (Å²) >= 11 is 6.02. The lowest BCUT2D eigenvalue weighted by molar-refractivity contribution is -0.180. The molecule has 0 aliphatic rings. The van der Waals surface area contributed by atoms with Crippen LogP contribution in [-0.2, 0) is 14.9 Å². The van der Waals surface area contributed by atoms with Crippen molar-refractivity contribution >= 4 is 17.6 Å². The molecule has 1 atom stereocenters. The van der Waals surface area contributed by atoms with E-state index in [9.17, 15) is 18.0 Å². The number of carbonyl (C=O) groups excluding carboxylic acids is 1. The van der Waals surface area contributed by atoms with Crippen molar-refractivity contribution < 1.29 is 22.7 Å². The van der Waals surface area contributed by atoms with Crippen molar-refractivity contribution in [3.63, 3.8) is 0 Å². The number of ether oxygens (including phenoxy) is 1. The number of hydrogen-bond acceptors (Lipinski definition) is 4. The molecule has 0 aliphatic heterocycles. The van der Waals surface area contributed by atoms with Crippen LogP contribution in [0.4, 0.5) is 13.2 Å². The molecule has 0 unspecified atom stereocenters. The predicted octanol–water partition coefficient (Wildman–Crippen LogP) is 3.90. The minimum atomic E-state index is -4.43. The van der Waals surface area contributed by atoms with Gasteiger partial charge in [0.2, 0.25) is 0 Å². The van der Waals surface area contributed by atoms with Gasteiger partial charge in [-0.15, -0.1) is 0 Å². The summed E-state index contributed by atoms with van der Waals surface area (Å²) in [6.07, 6.45) is -4.47. The monoisotopic (exact) mass is 366 g/mol. The molecule has 0 radical (unpaired) electrons. The Labute approximate surface area is 144 Å². The largest absolute Gasteiger partial charge is 0.466 e. The maximum absolute atomic E-state index is 13.3. The van der Waals surface area contributed by atoms with Crippen LogP contribution < -0.4 is 10.9 Å². The summed E-state index contributed by atoms with van der Waals surface area (Å²) in [5.41, 5.74) is 3.97. The van der Waals surface area contributed by atoms with Gasteiger partial charge in [0.05, 0.1) is 24.5 Å². The lowest BCUT2D eigenvalue weighted by atomic mass is 9.82. The highest BCUT2D eigenvalue weighted by Crippen LogP contribution is 2.42. The van der Waals surface area contributed by atoms with Crippen molar-refractivity contribution in [2.24, 2.45) is 0 Å². The van der Waals surface area contributed by atoms with Crippen molar-refractivity contribution in [2.45, 2.75) is 44.8 Å². The second kappa shape index (κ2) is 8.18. The number of benzene rings is 1. The molecule has 2 N–H and O–H groups in total. The summed E-state index contributed by atoms with van der Waals surface area (Å²) in [4.78, 5) is 11.7. The molecule has 8 heteroatoms. The Kier molecular flexibility index (Phi) is 7.07. The first-order valence-electron chi connectivity index (χ1n) is 7.48. The van der Waals surface area contributed by atoms with Crippen LogP contribution in [0.25, 0.3) is 0 Å². The fourth-order valence-electron chi connectivity index (χ4n) is 2.15. The van der Waals surface area contributed by atoms with Gasteiger partial charge in [-0.1, -0.05) is 17.7 Å². The zero-order valence-electron chi connectivity index (χ0n) is 14.1.